The third kappa shape index (κ3) is 35.5. The molecule has 664 valence electrons. The number of ether oxygens (including phenoxy) is 6. The number of amides is 5. The average Bonchev–Trinajstić information content (AvgIpc) is 1.83. The summed E-state index contributed by atoms with van der Waals surface area (Å²) in [6.07, 6.45) is 22.4. The molecule has 5 aliphatic carbocycles. The van der Waals surface area contributed by atoms with Crippen molar-refractivity contribution in [3.05, 3.63) is 172 Å². The van der Waals surface area contributed by atoms with Crippen LogP contribution in [0.4, 0.5) is 48.9 Å². The second kappa shape index (κ2) is 46.0. The van der Waals surface area contributed by atoms with Gasteiger partial charge in [0, 0.05) is 81.1 Å². The minimum atomic E-state index is -0.994. The molecule has 0 spiro atoms. The summed E-state index contributed by atoms with van der Waals surface area (Å²) in [6, 6.07) is 12.6. The van der Waals surface area contributed by atoms with Crippen molar-refractivity contribution >= 4 is 88.0 Å². The Hall–Kier alpha value is -10.9. The number of nitrogens with two attached hydrogens (primary N) is 1. The Kier molecular flexibility index (Phi) is 35.9. The zero-order valence-electron chi connectivity index (χ0n) is 68.9. The summed E-state index contributed by atoms with van der Waals surface area (Å²) in [4.78, 5) is 112. The number of hydrogen-bond acceptors (Lipinski definition) is 26. The molecule has 4 atom stereocenters. The maximum absolute atomic E-state index is 13.8. The molecule has 16 rings (SSSR count). The third-order valence-electron chi connectivity index (χ3n) is 18.2. The Bertz CT molecular complexity index is 4720. The second-order valence-electron chi connectivity index (χ2n) is 31.8. The number of carboxylic acids is 1. The summed E-state index contributed by atoms with van der Waals surface area (Å²) in [6.45, 7) is 23.6. The molecule has 7 aromatic rings. The number of halogens is 8. The van der Waals surface area contributed by atoms with Gasteiger partial charge in [-0.05, 0) is 240 Å². The fourth-order valence-electron chi connectivity index (χ4n) is 11.2. The van der Waals surface area contributed by atoms with Gasteiger partial charge in [-0.2, -0.15) is 37.5 Å². The number of rotatable bonds is 20. The maximum Gasteiger partial charge on any atom is 0.410 e. The van der Waals surface area contributed by atoms with Gasteiger partial charge in [0.05, 0.1) is 42.7 Å². The summed E-state index contributed by atoms with van der Waals surface area (Å²) >= 11 is 15.9. The molecule has 4 aliphatic heterocycles. The summed E-state index contributed by atoms with van der Waals surface area (Å²) < 4.78 is 98.0. The normalized spacial score (nSPS) is 18.5. The van der Waals surface area contributed by atoms with Crippen molar-refractivity contribution in [1.82, 2.24) is 69.9 Å². The van der Waals surface area contributed by atoms with Crippen LogP contribution >= 0.6 is 34.8 Å². The highest BCUT2D eigenvalue weighted by Gasteiger charge is 2.35. The number of carbonyl (C=O) groups is 6. The van der Waals surface area contributed by atoms with Crippen molar-refractivity contribution in [3.63, 3.8) is 0 Å². The maximum atomic E-state index is 13.8. The van der Waals surface area contributed by atoms with Crippen molar-refractivity contribution in [2.75, 3.05) is 68.3 Å². The van der Waals surface area contributed by atoms with Crippen molar-refractivity contribution in [2.45, 2.75) is 198 Å². The van der Waals surface area contributed by atoms with Crippen LogP contribution in [0.3, 0.4) is 0 Å². The molecule has 8 N–H and O–H groups in total. The van der Waals surface area contributed by atoms with E-state index < -0.39 is 46.3 Å². The molecule has 5 amide bonds. The summed E-state index contributed by atoms with van der Waals surface area (Å²) in [7, 11) is 0. The molecule has 40 heteroatoms. The largest absolute Gasteiger partial charge is 0.478 e. The molecular formula is C83H102Cl3F5N18O14. The van der Waals surface area contributed by atoms with Gasteiger partial charge in [0.25, 0.3) is 29.4 Å². The first-order valence-corrected chi connectivity index (χ1v) is 41.3. The van der Waals surface area contributed by atoms with Gasteiger partial charge in [-0.1, -0.05) is 24.8 Å². The number of nitrogens with one attached hydrogen (secondary N) is 4. The van der Waals surface area contributed by atoms with Gasteiger partial charge in [0.15, 0.2) is 11.0 Å². The molecule has 5 aromatic heterocycles. The van der Waals surface area contributed by atoms with Crippen LogP contribution in [0.1, 0.15) is 164 Å². The van der Waals surface area contributed by atoms with E-state index in [9.17, 15) is 50.7 Å². The Labute approximate surface area is 723 Å². The minimum Gasteiger partial charge on any atom is -0.478 e. The van der Waals surface area contributed by atoms with Gasteiger partial charge in [-0.3, -0.25) is 14.4 Å². The SMILES string of the molecule is C=CC(=O)Nc1ccc(C(=O)N2CC[C@@H](Nc3ncc(F)c(OC4CC4)n3)C2)cc1.C=CC(=O)Nc1ccc(C(=O)O)cc1.CC(C)(C)OC(=O)N1CC[C@@H](Cc2ncc(F)c(OC3CC3)n2)C1.CC(C)(C)OC(=O)N1CC[C@@H](N)C1.Fc1cnc(C[C@@H]2CCNC2)nc1OC1CC1.Fc1cnc(Cl)nc1Cl.Fc1cnc(Cl)nc1OC1CC1.OC1CC1. The van der Waals surface area contributed by atoms with Gasteiger partial charge in [0.1, 0.15) is 47.3 Å². The number of aromatic carboxylic acids is 1. The molecule has 9 aliphatic rings. The fourth-order valence-corrected chi connectivity index (χ4v) is 11.6. The second-order valence-corrected chi connectivity index (χ2v) is 32.9. The topological polar surface area (TPSA) is 411 Å². The van der Waals surface area contributed by atoms with Crippen molar-refractivity contribution < 1.29 is 89.4 Å². The molecule has 9 fully saturated rings. The number of aliphatic hydroxyl groups excluding tert-OH is 1. The lowest BCUT2D eigenvalue weighted by Gasteiger charge is -2.24. The highest BCUT2D eigenvalue weighted by molar-refractivity contribution is 6.31. The first-order valence-electron chi connectivity index (χ1n) is 40.2. The smallest absolute Gasteiger partial charge is 0.410 e. The highest BCUT2D eigenvalue weighted by atomic mass is 35.5. The predicted octanol–water partition coefficient (Wildman–Crippen LogP) is 13.2. The van der Waals surface area contributed by atoms with E-state index in [0.29, 0.717) is 73.6 Å². The van der Waals surface area contributed by atoms with E-state index in [1.807, 2.05) is 41.5 Å². The molecule has 0 bridgehead atoms. The fraction of sp³-hybridized carbons (Fsp3) is 0.494. The Morgan fingerprint density at radius 2 is 0.927 bits per heavy atom. The molecule has 5 saturated carbocycles. The van der Waals surface area contributed by atoms with Gasteiger partial charge in [0.2, 0.25) is 51.6 Å². The van der Waals surface area contributed by atoms with Crippen LogP contribution in [-0.2, 0) is 31.9 Å². The van der Waals surface area contributed by atoms with Gasteiger partial charge in [-0.15, -0.1) is 0 Å². The number of anilines is 3. The van der Waals surface area contributed by atoms with Gasteiger partial charge >= 0.3 is 18.2 Å². The van der Waals surface area contributed by atoms with E-state index >= 15 is 0 Å². The van der Waals surface area contributed by atoms with Crippen LogP contribution in [0.2, 0.25) is 15.7 Å². The number of benzene rings is 2. The predicted molar refractivity (Wildman–Crippen MR) is 445 cm³/mol. The van der Waals surface area contributed by atoms with Crippen molar-refractivity contribution in [3.8, 4) is 23.5 Å². The standard InChI is InChI=1S/C21H22FN5O3.C17H24FN3O3.C12H16FN3O.C10H9NO3.C9H18N2O2.C7H6ClFN2O.C4HCl2FN2.C3H6O/c1-2-18(28)24-14-5-3-13(4-6-14)20(29)27-10-9-15(12-27)25-21-23-11-17(22)19(26-21)30-16-7-8-16;1-17(2,3)24-16(22)21-7-6-11(10-21)8-14-19-9-13(18)15(20-14)23-12-4-5-12;13-10-7-15-11(5-8-3-4-14-6-8)16-12(10)17-9-1-2-9;1-2-9(12)11-8-5-3-7(4-6-8)10(13)14;1-9(2,3)13-8(12)11-5-4-7(10)6-11;8-7-10-3-5(9)6(11-7)12-4-1-2-4;5-3-2(7)1-8-4(6)9-3;4-3-1-2-3/h2-6,11,15-16H,1,7-10,12H2,(H,24,28)(H,23,25,26);9,11-12H,4-8,10H2,1-3H3;7-9,14H,1-6H2;2-6H,1H2,(H,11,12)(H,13,14);7H,4-6,10H2,1-3H3;3-4H,1-2H2;1H;3-4H,1-2H2/t15-;11-;8-;;7-;;;/m100.1.../s1. The Morgan fingerprint density at radius 3 is 1.34 bits per heavy atom. The van der Waals surface area contributed by atoms with Crippen LogP contribution in [-0.4, -0.2) is 217 Å². The van der Waals surface area contributed by atoms with E-state index in [0.717, 1.165) is 141 Å². The van der Waals surface area contributed by atoms with Crippen LogP contribution in [0.15, 0.2) is 105 Å². The first kappa shape index (κ1) is 96.0. The van der Waals surface area contributed by atoms with Crippen LogP contribution < -0.4 is 45.9 Å². The number of carboxylic acid groups (broad SMARTS) is 1. The van der Waals surface area contributed by atoms with E-state index in [4.69, 9.17) is 79.2 Å². The number of carbonyl (C=O) groups excluding carboxylic acids is 5. The molecular weight excluding hydrogens is 1670 g/mol. The van der Waals surface area contributed by atoms with Gasteiger partial charge in [-0.25, -0.2) is 48.7 Å². The van der Waals surface area contributed by atoms with Crippen LogP contribution in [0.25, 0.3) is 0 Å². The molecule has 2 aromatic carbocycles. The number of nitrogens with zero attached hydrogens (tertiary/aromatic N) is 13. The van der Waals surface area contributed by atoms with Crippen LogP contribution in [0.5, 0.6) is 23.5 Å². The number of aliphatic hydroxyl groups is 1. The van der Waals surface area contributed by atoms with Gasteiger partial charge < -0.3 is 80.3 Å². The lowest BCUT2D eigenvalue weighted by Crippen LogP contribution is -2.36. The summed E-state index contributed by atoms with van der Waals surface area (Å²) in [5, 5.41) is 28.1. The van der Waals surface area contributed by atoms with E-state index in [1.54, 1.807) is 39.0 Å². The average molecular weight is 1780 g/mol. The molecule has 0 radical (unpaired) electrons. The van der Waals surface area contributed by atoms with E-state index in [-0.39, 0.29) is 129 Å². The molecule has 9 heterocycles. The first-order chi connectivity index (χ1) is 58.5. The van der Waals surface area contributed by atoms with E-state index in [1.165, 1.54) is 42.7 Å². The Morgan fingerprint density at radius 1 is 0.512 bits per heavy atom. The molecule has 4 saturated heterocycles. The summed E-state index contributed by atoms with van der Waals surface area (Å²) in [5.41, 5.74) is 6.62. The molecule has 0 unspecified atom stereocenters. The van der Waals surface area contributed by atoms with Crippen LogP contribution in [0, 0.1) is 40.9 Å². The minimum absolute atomic E-state index is 0.00653. The molecule has 32 nitrogen and oxygen atoms in total. The van der Waals surface area contributed by atoms with Crippen molar-refractivity contribution in [1.29, 1.82) is 0 Å². The lowest BCUT2D eigenvalue weighted by atomic mass is 10.0. The lowest BCUT2D eigenvalue weighted by molar-refractivity contribution is -0.112. The summed E-state index contributed by atoms with van der Waals surface area (Å²) in [5.74, 6) is -2.07. The number of aromatic nitrogens is 10. The number of likely N-dealkylation sites (tertiary alicyclic amines) is 3. The van der Waals surface area contributed by atoms with Crippen molar-refractivity contribution in [2.24, 2.45) is 17.6 Å². The molecule has 123 heavy (non-hydrogen) atoms. The third-order valence-corrected chi connectivity index (χ3v) is 18.9. The van der Waals surface area contributed by atoms with E-state index in [2.05, 4.69) is 84.3 Å². The number of hydrogen-bond donors (Lipinski definition) is 7. The Balaban J connectivity index is 0.000000167. The zero-order valence-corrected chi connectivity index (χ0v) is 71.2. The quantitative estimate of drug-likeness (QED) is 0.0161. The highest BCUT2D eigenvalue weighted by Crippen LogP contribution is 2.33. The zero-order chi connectivity index (χ0) is 89.1. The monoisotopic (exact) mass is 1770 g/mol.